The number of para-hydroxylation sites is 2. The number of benzene rings is 5. The van der Waals surface area contributed by atoms with Crippen molar-refractivity contribution in [2.75, 3.05) is 16.8 Å². The van der Waals surface area contributed by atoms with Crippen LogP contribution in [0.25, 0.3) is 39.8 Å². The Labute approximate surface area is 277 Å². The topological polar surface area (TPSA) is 67.6 Å². The third-order valence-electron chi connectivity index (χ3n) is 8.26. The molecular weight excluding hydrogens is 599 g/mol. The van der Waals surface area contributed by atoms with Gasteiger partial charge >= 0.3 is 5.97 Å². The molecule has 0 atom stereocenters. The molecule has 0 bridgehead atoms. The fraction of sp³-hybridized carbons (Fsp3) is 0.0244. The Balaban J connectivity index is 1.17. The summed E-state index contributed by atoms with van der Waals surface area (Å²) >= 11 is 1.46. The molecule has 0 fully saturated rings. The Kier molecular flexibility index (Phi) is 7.97. The van der Waals surface area contributed by atoms with Crippen molar-refractivity contribution < 1.29 is 9.90 Å². The van der Waals surface area contributed by atoms with Crippen LogP contribution in [0.1, 0.15) is 16.0 Å². The van der Waals surface area contributed by atoms with Crippen LogP contribution in [0.4, 0.5) is 28.4 Å². The fourth-order valence-electron chi connectivity index (χ4n) is 5.90. The standard InChI is InChI=1S/C41H29N3O2S/c1-43-38-21-16-29(28-14-18-36(19-15-28)44(34-8-4-2-5-9-34)35-10-6-3-7-11-35)24-30(38)12-13-31-25-32(17-22-39(31)43)40-23-20-37(47-40)26-33(27-42)41(45)46/h2-26H,1H3,(H,45,46)/b33-26-. The number of fused-ring (bicyclic) bond motifs is 2. The molecule has 0 amide bonds. The Morgan fingerprint density at radius 1 is 0.702 bits per heavy atom. The van der Waals surface area contributed by atoms with Gasteiger partial charge in [-0.3, -0.25) is 0 Å². The lowest BCUT2D eigenvalue weighted by Gasteiger charge is -2.25. The van der Waals surface area contributed by atoms with Crippen molar-refractivity contribution in [3.8, 4) is 27.6 Å². The average molecular weight is 628 g/mol. The maximum absolute atomic E-state index is 11.3. The number of aliphatic carboxylic acids is 1. The van der Waals surface area contributed by atoms with Gasteiger partial charge < -0.3 is 14.9 Å². The summed E-state index contributed by atoms with van der Waals surface area (Å²) in [5, 5.41) is 18.3. The van der Waals surface area contributed by atoms with Crippen LogP contribution >= 0.6 is 11.3 Å². The van der Waals surface area contributed by atoms with Gasteiger partial charge in [-0.15, -0.1) is 11.3 Å². The molecule has 0 unspecified atom stereocenters. The van der Waals surface area contributed by atoms with E-state index < -0.39 is 5.97 Å². The Morgan fingerprint density at radius 3 is 1.81 bits per heavy atom. The van der Waals surface area contributed by atoms with E-state index in [0.29, 0.717) is 0 Å². The zero-order chi connectivity index (χ0) is 32.3. The second kappa shape index (κ2) is 12.7. The first-order chi connectivity index (χ1) is 23.0. The summed E-state index contributed by atoms with van der Waals surface area (Å²) < 4.78 is 0. The Morgan fingerprint density at radius 2 is 1.23 bits per heavy atom. The van der Waals surface area contributed by atoms with Crippen molar-refractivity contribution in [3.63, 3.8) is 0 Å². The highest BCUT2D eigenvalue weighted by molar-refractivity contribution is 7.16. The molecule has 0 radical (unpaired) electrons. The number of carbonyl (C=O) groups is 1. The molecule has 0 spiro atoms. The van der Waals surface area contributed by atoms with Gasteiger partial charge in [0.15, 0.2) is 0 Å². The summed E-state index contributed by atoms with van der Waals surface area (Å²) in [5.74, 6) is -1.22. The fourth-order valence-corrected chi connectivity index (χ4v) is 6.85. The van der Waals surface area contributed by atoms with E-state index in [4.69, 9.17) is 5.26 Å². The monoisotopic (exact) mass is 627 g/mol. The molecule has 5 aromatic carbocycles. The van der Waals surface area contributed by atoms with Crippen molar-refractivity contribution in [2.24, 2.45) is 0 Å². The minimum atomic E-state index is -1.22. The summed E-state index contributed by atoms with van der Waals surface area (Å²) in [6.45, 7) is 0. The number of nitriles is 1. The normalized spacial score (nSPS) is 12.1. The summed E-state index contributed by atoms with van der Waals surface area (Å²) in [6, 6.07) is 48.0. The molecule has 0 saturated heterocycles. The quantitative estimate of drug-likeness (QED) is 0.141. The summed E-state index contributed by atoms with van der Waals surface area (Å²) in [4.78, 5) is 17.5. The minimum absolute atomic E-state index is 0.278. The first-order valence-corrected chi connectivity index (χ1v) is 16.0. The van der Waals surface area contributed by atoms with Crippen LogP contribution in [0.2, 0.25) is 0 Å². The number of rotatable bonds is 7. The SMILES string of the molecule is CN1c2ccc(-c3ccc(N(c4ccccc4)c4ccccc4)cc3)cc2C=Cc2cc(-c3ccc(/C=C(/C#N)C(=O)O)s3)ccc21. The van der Waals surface area contributed by atoms with E-state index in [1.165, 1.54) is 17.4 Å². The lowest BCUT2D eigenvalue weighted by atomic mass is 10.0. The van der Waals surface area contributed by atoms with Gasteiger partial charge in [0.1, 0.15) is 11.6 Å². The average Bonchev–Trinajstić information content (AvgIpc) is 3.54. The van der Waals surface area contributed by atoms with Crippen LogP contribution in [0, 0.1) is 11.3 Å². The predicted molar refractivity (Wildman–Crippen MR) is 195 cm³/mol. The van der Waals surface area contributed by atoms with E-state index in [2.05, 4.69) is 138 Å². The molecule has 1 aromatic heterocycles. The lowest BCUT2D eigenvalue weighted by Crippen LogP contribution is -2.11. The van der Waals surface area contributed by atoms with Gasteiger partial charge in [-0.05, 0) is 107 Å². The molecule has 1 aliphatic heterocycles. The zero-order valence-electron chi connectivity index (χ0n) is 25.5. The van der Waals surface area contributed by atoms with E-state index in [1.807, 2.05) is 24.3 Å². The van der Waals surface area contributed by atoms with E-state index in [1.54, 1.807) is 6.07 Å². The first kappa shape index (κ1) is 29.5. The summed E-state index contributed by atoms with van der Waals surface area (Å²) in [6.07, 6.45) is 5.73. The number of carboxylic acids is 1. The van der Waals surface area contributed by atoms with Crippen LogP contribution in [-0.4, -0.2) is 18.1 Å². The van der Waals surface area contributed by atoms with E-state index in [0.717, 1.165) is 66.0 Å². The van der Waals surface area contributed by atoms with Crippen molar-refractivity contribution in [2.45, 2.75) is 0 Å². The van der Waals surface area contributed by atoms with Crippen molar-refractivity contribution >= 4 is 64.0 Å². The molecule has 7 rings (SSSR count). The molecule has 2 heterocycles. The number of nitrogens with zero attached hydrogens (tertiary/aromatic N) is 3. The van der Waals surface area contributed by atoms with Gasteiger partial charge in [0.05, 0.1) is 0 Å². The molecule has 1 N–H and O–H groups in total. The molecular formula is C41H29N3O2S. The smallest absolute Gasteiger partial charge is 0.346 e. The van der Waals surface area contributed by atoms with E-state index in [-0.39, 0.29) is 5.57 Å². The highest BCUT2D eigenvalue weighted by Gasteiger charge is 2.18. The molecule has 226 valence electrons. The number of thiophene rings is 1. The molecule has 1 aliphatic rings. The highest BCUT2D eigenvalue weighted by atomic mass is 32.1. The molecule has 6 heteroatoms. The zero-order valence-corrected chi connectivity index (χ0v) is 26.4. The maximum Gasteiger partial charge on any atom is 0.346 e. The molecule has 0 saturated carbocycles. The predicted octanol–water partition coefficient (Wildman–Crippen LogP) is 10.8. The third-order valence-corrected chi connectivity index (χ3v) is 9.34. The third kappa shape index (κ3) is 5.96. The Hall–Kier alpha value is -6.16. The molecule has 5 nitrogen and oxygen atoms in total. The maximum atomic E-state index is 11.3. The summed E-state index contributed by atoms with van der Waals surface area (Å²) in [5.41, 5.74) is 10.8. The van der Waals surface area contributed by atoms with Gasteiger partial charge in [0, 0.05) is 45.2 Å². The number of anilines is 5. The van der Waals surface area contributed by atoms with Gasteiger partial charge in [-0.1, -0.05) is 72.8 Å². The Bertz CT molecular complexity index is 2150. The summed E-state index contributed by atoms with van der Waals surface area (Å²) in [7, 11) is 2.09. The van der Waals surface area contributed by atoms with Gasteiger partial charge in [-0.25, -0.2) is 4.79 Å². The first-order valence-electron chi connectivity index (χ1n) is 15.1. The van der Waals surface area contributed by atoms with Gasteiger partial charge in [-0.2, -0.15) is 5.26 Å². The minimum Gasteiger partial charge on any atom is -0.477 e. The van der Waals surface area contributed by atoms with Gasteiger partial charge in [0.25, 0.3) is 0 Å². The van der Waals surface area contributed by atoms with Crippen LogP contribution in [-0.2, 0) is 4.79 Å². The molecule has 47 heavy (non-hydrogen) atoms. The number of carboxylic acid groups (broad SMARTS) is 1. The van der Waals surface area contributed by atoms with Crippen molar-refractivity contribution in [1.82, 2.24) is 0 Å². The van der Waals surface area contributed by atoms with Gasteiger partial charge in [0.2, 0.25) is 0 Å². The van der Waals surface area contributed by atoms with Crippen molar-refractivity contribution in [3.05, 3.63) is 155 Å². The van der Waals surface area contributed by atoms with Crippen LogP contribution in [0.15, 0.2) is 139 Å². The van der Waals surface area contributed by atoms with Crippen LogP contribution < -0.4 is 9.80 Å². The lowest BCUT2D eigenvalue weighted by molar-refractivity contribution is -0.132. The van der Waals surface area contributed by atoms with Crippen LogP contribution in [0.3, 0.4) is 0 Å². The number of hydrogen-bond acceptors (Lipinski definition) is 5. The molecule has 0 aliphatic carbocycles. The molecule has 6 aromatic rings. The van der Waals surface area contributed by atoms with Crippen molar-refractivity contribution in [1.29, 1.82) is 5.26 Å². The van der Waals surface area contributed by atoms with E-state index in [9.17, 15) is 9.90 Å². The van der Waals surface area contributed by atoms with E-state index >= 15 is 0 Å². The number of hydrogen-bond donors (Lipinski definition) is 1. The largest absolute Gasteiger partial charge is 0.477 e. The van der Waals surface area contributed by atoms with Crippen LogP contribution in [0.5, 0.6) is 0 Å². The second-order valence-corrected chi connectivity index (χ2v) is 12.3. The second-order valence-electron chi connectivity index (χ2n) is 11.2. The highest BCUT2D eigenvalue weighted by Crippen LogP contribution is 2.41.